The Balaban J connectivity index is 2.55. The number of benzene rings is 1. The van der Waals surface area contributed by atoms with E-state index in [1.807, 2.05) is 23.9 Å². The topological polar surface area (TPSA) is 12.0 Å². The maximum Gasteiger partial charge on any atom is 0.0408 e. The minimum absolute atomic E-state index is 0.375. The van der Waals surface area contributed by atoms with Gasteiger partial charge in [-0.25, -0.2) is 0 Å². The van der Waals surface area contributed by atoms with E-state index >= 15 is 0 Å². The van der Waals surface area contributed by atoms with E-state index in [0.717, 1.165) is 18.1 Å². The Morgan fingerprint density at radius 3 is 2.44 bits per heavy atom. The molecule has 1 nitrogen and oxygen atoms in total. The van der Waals surface area contributed by atoms with Crippen molar-refractivity contribution in [1.29, 1.82) is 0 Å². The van der Waals surface area contributed by atoms with Gasteiger partial charge in [0.2, 0.25) is 0 Å². The van der Waals surface area contributed by atoms with Crippen molar-refractivity contribution in [3.05, 3.63) is 34.3 Å². The average Bonchev–Trinajstić information content (AvgIpc) is 2.38. The summed E-state index contributed by atoms with van der Waals surface area (Å²) in [4.78, 5) is 0. The van der Waals surface area contributed by atoms with Gasteiger partial charge in [-0.1, -0.05) is 31.5 Å². The molecule has 0 fully saturated rings. The fraction of sp³-hybridized carbons (Fsp3) is 0.600. The molecule has 1 aromatic rings. The molecule has 0 aromatic heterocycles. The predicted molar refractivity (Wildman–Crippen MR) is 84.7 cm³/mol. The highest BCUT2D eigenvalue weighted by molar-refractivity contribution is 8.00. The van der Waals surface area contributed by atoms with Gasteiger partial charge in [0, 0.05) is 22.9 Å². The van der Waals surface area contributed by atoms with Crippen LogP contribution in [0.1, 0.15) is 37.8 Å². The second kappa shape index (κ2) is 7.42. The number of rotatable bonds is 7. The summed E-state index contributed by atoms with van der Waals surface area (Å²) in [6.07, 6.45) is 4.62. The standard InChI is InChI=1S/C15H24ClNS/c1-5-15(6-2,18-4)11-17-10-13-7-8-14(16)9-12(13)3/h7-9,17H,5-6,10-11H2,1-4H3. The predicted octanol–water partition coefficient (Wildman–Crippen LogP) is 4.66. The zero-order valence-electron chi connectivity index (χ0n) is 11.8. The lowest BCUT2D eigenvalue weighted by molar-refractivity contribution is 0.494. The lowest BCUT2D eigenvalue weighted by Gasteiger charge is -2.30. The minimum atomic E-state index is 0.375. The quantitative estimate of drug-likeness (QED) is 0.782. The van der Waals surface area contributed by atoms with E-state index in [-0.39, 0.29) is 0 Å². The summed E-state index contributed by atoms with van der Waals surface area (Å²) in [6, 6.07) is 6.11. The van der Waals surface area contributed by atoms with Crippen molar-refractivity contribution in [2.45, 2.75) is 44.9 Å². The maximum absolute atomic E-state index is 5.97. The molecular formula is C15H24ClNS. The number of hydrogen-bond acceptors (Lipinski definition) is 2. The van der Waals surface area contributed by atoms with Crippen LogP contribution in [-0.4, -0.2) is 17.5 Å². The van der Waals surface area contributed by atoms with Gasteiger partial charge >= 0.3 is 0 Å². The first-order valence-corrected chi connectivity index (χ1v) is 8.18. The number of hydrogen-bond donors (Lipinski definition) is 1. The summed E-state index contributed by atoms with van der Waals surface area (Å²) < 4.78 is 0.375. The molecule has 0 aliphatic heterocycles. The molecule has 1 aromatic carbocycles. The highest BCUT2D eigenvalue weighted by Crippen LogP contribution is 2.29. The van der Waals surface area contributed by atoms with Gasteiger partial charge in [-0.2, -0.15) is 11.8 Å². The third-order valence-corrected chi connectivity index (χ3v) is 5.61. The molecule has 3 heteroatoms. The molecule has 0 spiro atoms. The van der Waals surface area contributed by atoms with E-state index < -0.39 is 0 Å². The van der Waals surface area contributed by atoms with Gasteiger partial charge < -0.3 is 5.32 Å². The van der Waals surface area contributed by atoms with E-state index in [2.05, 4.69) is 38.4 Å². The Morgan fingerprint density at radius 2 is 1.94 bits per heavy atom. The SMILES string of the molecule is CCC(CC)(CNCc1ccc(Cl)cc1C)SC. The fourth-order valence-corrected chi connectivity index (χ4v) is 3.19. The molecule has 0 aliphatic rings. The number of aryl methyl sites for hydroxylation is 1. The van der Waals surface area contributed by atoms with Gasteiger partial charge in [0.25, 0.3) is 0 Å². The first-order chi connectivity index (χ1) is 8.56. The summed E-state index contributed by atoms with van der Waals surface area (Å²) in [7, 11) is 0. The van der Waals surface area contributed by atoms with Crippen molar-refractivity contribution in [3.63, 3.8) is 0 Å². The number of halogens is 1. The average molecular weight is 286 g/mol. The molecule has 0 saturated carbocycles. The Bertz CT molecular complexity index is 366. The first kappa shape index (κ1) is 15.9. The number of nitrogens with one attached hydrogen (secondary N) is 1. The van der Waals surface area contributed by atoms with Gasteiger partial charge in [-0.15, -0.1) is 0 Å². The van der Waals surface area contributed by atoms with Crippen LogP contribution in [0.5, 0.6) is 0 Å². The molecule has 102 valence electrons. The summed E-state index contributed by atoms with van der Waals surface area (Å²) >= 11 is 7.94. The molecule has 0 radical (unpaired) electrons. The molecule has 0 unspecified atom stereocenters. The van der Waals surface area contributed by atoms with Gasteiger partial charge in [0.05, 0.1) is 0 Å². The van der Waals surface area contributed by atoms with Gasteiger partial charge in [-0.05, 0) is 49.3 Å². The summed E-state index contributed by atoms with van der Waals surface area (Å²) in [5, 5.41) is 4.41. The lowest BCUT2D eigenvalue weighted by atomic mass is 10.0. The molecule has 1 N–H and O–H groups in total. The normalized spacial score (nSPS) is 11.8. The molecule has 18 heavy (non-hydrogen) atoms. The van der Waals surface area contributed by atoms with Crippen molar-refractivity contribution in [3.8, 4) is 0 Å². The van der Waals surface area contributed by atoms with E-state index in [9.17, 15) is 0 Å². The van der Waals surface area contributed by atoms with Crippen LogP contribution < -0.4 is 5.32 Å². The first-order valence-electron chi connectivity index (χ1n) is 6.57. The zero-order chi connectivity index (χ0) is 13.6. The van der Waals surface area contributed by atoms with Crippen molar-refractivity contribution in [2.75, 3.05) is 12.8 Å². The molecule has 0 atom stereocenters. The lowest BCUT2D eigenvalue weighted by Crippen LogP contribution is -2.36. The summed E-state index contributed by atoms with van der Waals surface area (Å²) in [6.45, 7) is 8.64. The van der Waals surface area contributed by atoms with Crippen LogP contribution in [0.25, 0.3) is 0 Å². The Morgan fingerprint density at radius 1 is 1.28 bits per heavy atom. The molecule has 0 bridgehead atoms. The van der Waals surface area contributed by atoms with Crippen LogP contribution in [0.15, 0.2) is 18.2 Å². The van der Waals surface area contributed by atoms with Gasteiger partial charge in [0.1, 0.15) is 0 Å². The number of thioether (sulfide) groups is 1. The Labute approximate surface area is 121 Å². The second-order valence-electron chi connectivity index (χ2n) is 4.77. The van der Waals surface area contributed by atoms with Crippen molar-refractivity contribution < 1.29 is 0 Å². The van der Waals surface area contributed by atoms with Gasteiger partial charge in [-0.3, -0.25) is 0 Å². The summed E-state index contributed by atoms with van der Waals surface area (Å²) in [5.74, 6) is 0. The molecule has 0 amide bonds. The molecule has 0 saturated heterocycles. The van der Waals surface area contributed by atoms with Crippen LogP contribution in [0.2, 0.25) is 5.02 Å². The zero-order valence-corrected chi connectivity index (χ0v) is 13.4. The maximum atomic E-state index is 5.97. The highest BCUT2D eigenvalue weighted by atomic mass is 35.5. The molecule has 1 rings (SSSR count). The van der Waals surface area contributed by atoms with Crippen molar-refractivity contribution in [1.82, 2.24) is 5.32 Å². The van der Waals surface area contributed by atoms with Crippen LogP contribution in [0.4, 0.5) is 0 Å². The second-order valence-corrected chi connectivity index (χ2v) is 6.48. The minimum Gasteiger partial charge on any atom is -0.311 e. The van der Waals surface area contributed by atoms with Crippen LogP contribution in [0, 0.1) is 6.92 Å². The Hall–Kier alpha value is -0.180. The van der Waals surface area contributed by atoms with Crippen molar-refractivity contribution in [2.24, 2.45) is 0 Å². The van der Waals surface area contributed by atoms with Crippen LogP contribution >= 0.6 is 23.4 Å². The summed E-state index contributed by atoms with van der Waals surface area (Å²) in [5.41, 5.74) is 2.60. The Kier molecular flexibility index (Phi) is 6.54. The largest absolute Gasteiger partial charge is 0.311 e. The van der Waals surface area contributed by atoms with E-state index in [4.69, 9.17) is 11.6 Å². The highest BCUT2D eigenvalue weighted by Gasteiger charge is 2.23. The van der Waals surface area contributed by atoms with Gasteiger partial charge in [0.15, 0.2) is 0 Å². The molecular weight excluding hydrogens is 262 g/mol. The molecule has 0 heterocycles. The van der Waals surface area contributed by atoms with Crippen LogP contribution in [0.3, 0.4) is 0 Å². The third kappa shape index (κ3) is 4.18. The van der Waals surface area contributed by atoms with E-state index in [0.29, 0.717) is 4.75 Å². The van der Waals surface area contributed by atoms with Crippen molar-refractivity contribution >= 4 is 23.4 Å². The van der Waals surface area contributed by atoms with Crippen LogP contribution in [-0.2, 0) is 6.54 Å². The fourth-order valence-electron chi connectivity index (χ4n) is 2.14. The van der Waals surface area contributed by atoms with E-state index in [1.165, 1.54) is 24.0 Å². The van der Waals surface area contributed by atoms with E-state index in [1.54, 1.807) is 0 Å². The third-order valence-electron chi connectivity index (χ3n) is 3.79. The molecule has 0 aliphatic carbocycles. The smallest absolute Gasteiger partial charge is 0.0408 e. The monoisotopic (exact) mass is 285 g/mol.